The van der Waals surface area contributed by atoms with Gasteiger partial charge >= 0.3 is 0 Å². The predicted molar refractivity (Wildman–Crippen MR) is 118 cm³/mol. The van der Waals surface area contributed by atoms with Gasteiger partial charge in [-0.2, -0.15) is 0 Å². The number of thiazole rings is 1. The van der Waals surface area contributed by atoms with E-state index >= 15 is 0 Å². The number of nitrogens with one attached hydrogen (secondary N) is 1. The average Bonchev–Trinajstić information content (AvgIpc) is 3.19. The predicted octanol–water partition coefficient (Wildman–Crippen LogP) is 4.48. The van der Waals surface area contributed by atoms with Crippen LogP contribution in [0.1, 0.15) is 56.2 Å². The summed E-state index contributed by atoms with van der Waals surface area (Å²) in [7, 11) is 0. The summed E-state index contributed by atoms with van der Waals surface area (Å²) < 4.78 is 0. The molecule has 1 aromatic rings. The topological polar surface area (TPSA) is 40.5 Å². The van der Waals surface area contributed by atoms with E-state index in [0.717, 1.165) is 49.4 Å². The van der Waals surface area contributed by atoms with Gasteiger partial charge in [0, 0.05) is 37.3 Å². The van der Waals surface area contributed by atoms with Crippen molar-refractivity contribution >= 4 is 41.3 Å². The van der Waals surface area contributed by atoms with Crippen LogP contribution < -0.4 is 5.32 Å². The molecular formula is C19H33IN4S. The summed E-state index contributed by atoms with van der Waals surface area (Å²) >= 11 is 1.79. The van der Waals surface area contributed by atoms with Gasteiger partial charge < -0.3 is 10.2 Å². The number of unbranched alkanes of at least 4 members (excludes halogenated alkanes) is 1. The molecule has 1 aliphatic carbocycles. The minimum atomic E-state index is 0. The smallest absolute Gasteiger partial charge is 0.193 e. The van der Waals surface area contributed by atoms with Crippen molar-refractivity contribution < 1.29 is 0 Å². The fourth-order valence-electron chi connectivity index (χ4n) is 4.10. The third-order valence-corrected chi connectivity index (χ3v) is 6.36. The molecule has 1 aliphatic heterocycles. The van der Waals surface area contributed by atoms with Crippen LogP contribution in [0.4, 0.5) is 0 Å². The van der Waals surface area contributed by atoms with Crippen molar-refractivity contribution in [1.82, 2.24) is 15.2 Å². The van der Waals surface area contributed by atoms with Crippen LogP contribution in [0.2, 0.25) is 0 Å². The van der Waals surface area contributed by atoms with E-state index in [1.807, 2.05) is 0 Å². The van der Waals surface area contributed by atoms with Gasteiger partial charge in [-0.1, -0.05) is 12.8 Å². The average molecular weight is 476 g/mol. The number of fused-ring (bicyclic) bond motifs is 1. The number of aliphatic imine (C=N–C) groups is 1. The van der Waals surface area contributed by atoms with Crippen LogP contribution in [0.15, 0.2) is 10.4 Å². The molecule has 4 nitrogen and oxygen atoms in total. The van der Waals surface area contributed by atoms with Gasteiger partial charge in [-0.25, -0.2) is 4.98 Å². The van der Waals surface area contributed by atoms with Crippen molar-refractivity contribution in [2.75, 3.05) is 26.2 Å². The fraction of sp³-hybridized carbons (Fsp3) is 0.789. The second-order valence-corrected chi connectivity index (χ2v) is 8.23. The van der Waals surface area contributed by atoms with E-state index in [2.05, 4.69) is 34.4 Å². The lowest BCUT2D eigenvalue weighted by atomic mass is 9.82. The molecule has 1 saturated carbocycles. The molecule has 0 radical (unpaired) electrons. The zero-order valence-corrected chi connectivity index (χ0v) is 18.8. The van der Waals surface area contributed by atoms with E-state index < -0.39 is 0 Å². The number of hydrogen-bond donors (Lipinski definition) is 1. The van der Waals surface area contributed by atoms with Crippen LogP contribution in [0, 0.1) is 18.8 Å². The number of likely N-dealkylation sites (tertiary alicyclic amines) is 1. The van der Waals surface area contributed by atoms with E-state index in [4.69, 9.17) is 4.99 Å². The molecule has 1 N–H and O–H groups in total. The van der Waals surface area contributed by atoms with Crippen LogP contribution in [0.25, 0.3) is 0 Å². The van der Waals surface area contributed by atoms with Gasteiger partial charge in [-0.15, -0.1) is 35.3 Å². The maximum absolute atomic E-state index is 4.90. The van der Waals surface area contributed by atoms with Crippen LogP contribution in [0.3, 0.4) is 0 Å². The standard InChI is InChI=1S/C19H32N4S.HI/c1-3-20-19(23-12-16-8-4-5-9-17(16)13-23)21-11-7-6-10-18-22-15(2)14-24-18;/h14,16-17H,3-13H2,1-2H3,(H,20,21);1H. The lowest BCUT2D eigenvalue weighted by Crippen LogP contribution is -2.40. The number of guanidine groups is 1. The molecule has 0 aromatic carbocycles. The molecule has 0 bridgehead atoms. The van der Waals surface area contributed by atoms with Crippen LogP contribution >= 0.6 is 35.3 Å². The highest BCUT2D eigenvalue weighted by Crippen LogP contribution is 2.35. The van der Waals surface area contributed by atoms with Crippen molar-refractivity contribution in [3.8, 4) is 0 Å². The minimum absolute atomic E-state index is 0. The van der Waals surface area contributed by atoms with Crippen molar-refractivity contribution in [2.24, 2.45) is 16.8 Å². The van der Waals surface area contributed by atoms with E-state index in [1.165, 1.54) is 50.2 Å². The molecule has 25 heavy (non-hydrogen) atoms. The lowest BCUT2D eigenvalue weighted by molar-refractivity contribution is 0.299. The summed E-state index contributed by atoms with van der Waals surface area (Å²) in [5.74, 6) is 2.98. The van der Waals surface area contributed by atoms with Crippen molar-refractivity contribution in [2.45, 2.75) is 58.8 Å². The molecule has 1 saturated heterocycles. The van der Waals surface area contributed by atoms with Crippen LogP contribution in [0.5, 0.6) is 0 Å². The second-order valence-electron chi connectivity index (χ2n) is 7.28. The van der Waals surface area contributed by atoms with E-state index in [9.17, 15) is 0 Å². The monoisotopic (exact) mass is 476 g/mol. The molecule has 2 atom stereocenters. The van der Waals surface area contributed by atoms with Gasteiger partial charge in [0.15, 0.2) is 5.96 Å². The highest BCUT2D eigenvalue weighted by molar-refractivity contribution is 14.0. The summed E-state index contributed by atoms with van der Waals surface area (Å²) in [6, 6.07) is 0. The Hall–Kier alpha value is -0.370. The van der Waals surface area contributed by atoms with Gasteiger partial charge in [-0.05, 0) is 57.8 Å². The Balaban J connectivity index is 0.00000225. The van der Waals surface area contributed by atoms with Gasteiger partial charge in [0.05, 0.1) is 5.01 Å². The maximum atomic E-state index is 4.90. The maximum Gasteiger partial charge on any atom is 0.193 e. The highest BCUT2D eigenvalue weighted by Gasteiger charge is 2.35. The van der Waals surface area contributed by atoms with Crippen LogP contribution in [-0.2, 0) is 6.42 Å². The quantitative estimate of drug-likeness (QED) is 0.285. The Morgan fingerprint density at radius 2 is 2.00 bits per heavy atom. The summed E-state index contributed by atoms with van der Waals surface area (Å²) in [6.45, 7) is 8.56. The molecule has 0 spiro atoms. The Kier molecular flexibility index (Phi) is 8.96. The first kappa shape index (κ1) is 20.9. The molecule has 1 aromatic heterocycles. The zero-order valence-electron chi connectivity index (χ0n) is 15.7. The molecule has 2 aliphatic rings. The second kappa shape index (κ2) is 10.7. The van der Waals surface area contributed by atoms with Gasteiger partial charge in [0.1, 0.15) is 0 Å². The van der Waals surface area contributed by atoms with E-state index in [0.29, 0.717) is 0 Å². The SMILES string of the molecule is CCNC(=NCCCCc1nc(C)cs1)N1CC2CCCCC2C1.I. The van der Waals surface area contributed by atoms with E-state index in [1.54, 1.807) is 11.3 Å². The Bertz CT molecular complexity index is 531. The van der Waals surface area contributed by atoms with Gasteiger partial charge in [0.25, 0.3) is 0 Å². The lowest BCUT2D eigenvalue weighted by Gasteiger charge is -2.22. The molecule has 2 heterocycles. The van der Waals surface area contributed by atoms with Gasteiger partial charge in [0.2, 0.25) is 0 Å². The molecule has 0 amide bonds. The normalized spacial score (nSPS) is 23.3. The fourth-order valence-corrected chi connectivity index (χ4v) is 4.91. The Labute approximate surface area is 173 Å². The first-order chi connectivity index (χ1) is 11.8. The number of hydrogen-bond acceptors (Lipinski definition) is 3. The number of rotatable bonds is 6. The van der Waals surface area contributed by atoms with Crippen LogP contribution in [-0.4, -0.2) is 42.0 Å². The Morgan fingerprint density at radius 3 is 2.60 bits per heavy atom. The van der Waals surface area contributed by atoms with E-state index in [-0.39, 0.29) is 24.0 Å². The third-order valence-electron chi connectivity index (χ3n) is 5.34. The largest absolute Gasteiger partial charge is 0.357 e. The number of halogens is 1. The summed E-state index contributed by atoms with van der Waals surface area (Å²) in [6.07, 6.45) is 9.13. The summed E-state index contributed by atoms with van der Waals surface area (Å²) in [5, 5.41) is 6.92. The number of aryl methyl sites for hydroxylation is 2. The third kappa shape index (κ3) is 6.08. The van der Waals surface area contributed by atoms with Crippen molar-refractivity contribution in [3.05, 3.63) is 16.1 Å². The minimum Gasteiger partial charge on any atom is -0.357 e. The van der Waals surface area contributed by atoms with Gasteiger partial charge in [-0.3, -0.25) is 4.99 Å². The highest BCUT2D eigenvalue weighted by atomic mass is 127. The number of aromatic nitrogens is 1. The summed E-state index contributed by atoms with van der Waals surface area (Å²) in [4.78, 5) is 12.0. The molecule has 142 valence electrons. The van der Waals surface area contributed by atoms with Crippen molar-refractivity contribution in [3.63, 3.8) is 0 Å². The molecule has 6 heteroatoms. The van der Waals surface area contributed by atoms with Crippen molar-refractivity contribution in [1.29, 1.82) is 0 Å². The summed E-state index contributed by atoms with van der Waals surface area (Å²) in [5.41, 5.74) is 1.15. The first-order valence-corrected chi connectivity index (χ1v) is 10.6. The molecular weight excluding hydrogens is 443 g/mol. The number of nitrogens with zero attached hydrogens (tertiary/aromatic N) is 3. The molecule has 2 fully saturated rings. The molecule has 3 rings (SSSR count). The Morgan fingerprint density at radius 1 is 1.28 bits per heavy atom. The first-order valence-electron chi connectivity index (χ1n) is 9.70. The zero-order chi connectivity index (χ0) is 16.8. The molecule has 2 unspecified atom stereocenters.